The molecule has 1 atom stereocenters. The zero-order valence-corrected chi connectivity index (χ0v) is 10.2. The first-order valence-corrected chi connectivity index (χ1v) is 6.54. The largest absolute Gasteiger partial charge is 0.478 e. The van der Waals surface area contributed by atoms with Gasteiger partial charge in [0.25, 0.3) is 0 Å². The first-order chi connectivity index (χ1) is 7.15. The van der Waals surface area contributed by atoms with E-state index in [4.69, 9.17) is 5.11 Å². The number of aliphatic carboxylic acids is 1. The number of hydrogen-bond acceptors (Lipinski definition) is 3. The van der Waals surface area contributed by atoms with E-state index in [1.807, 2.05) is 24.8 Å². The van der Waals surface area contributed by atoms with Gasteiger partial charge in [0.05, 0.1) is 0 Å². The molecule has 0 spiro atoms. The fourth-order valence-electron chi connectivity index (χ4n) is 1.64. The van der Waals surface area contributed by atoms with Crippen LogP contribution in [0, 0.1) is 0 Å². The Kier molecular flexibility index (Phi) is 5.19. The van der Waals surface area contributed by atoms with Crippen molar-refractivity contribution >= 4 is 17.7 Å². The predicted molar refractivity (Wildman–Crippen MR) is 64.4 cm³/mol. The highest BCUT2D eigenvalue weighted by Crippen LogP contribution is 2.16. The molecule has 1 heterocycles. The van der Waals surface area contributed by atoms with E-state index >= 15 is 0 Å². The number of carbonyl (C=O) groups is 1. The molecule has 1 unspecified atom stereocenters. The van der Waals surface area contributed by atoms with Crippen LogP contribution in [-0.4, -0.2) is 46.6 Å². The van der Waals surface area contributed by atoms with E-state index in [0.717, 1.165) is 24.6 Å². The van der Waals surface area contributed by atoms with Gasteiger partial charge in [-0.3, -0.25) is 4.90 Å². The molecule has 1 N–H and O–H groups in total. The maximum atomic E-state index is 10.8. The van der Waals surface area contributed by atoms with Crippen molar-refractivity contribution in [3.8, 4) is 0 Å². The number of thioether (sulfide) groups is 1. The fourth-order valence-corrected chi connectivity index (χ4v) is 2.73. The number of rotatable bonds is 4. The monoisotopic (exact) mass is 229 g/mol. The first-order valence-electron chi connectivity index (χ1n) is 5.39. The van der Waals surface area contributed by atoms with Crippen molar-refractivity contribution in [2.24, 2.45) is 0 Å². The van der Waals surface area contributed by atoms with Gasteiger partial charge in [0.1, 0.15) is 0 Å². The highest BCUT2D eigenvalue weighted by atomic mass is 32.2. The van der Waals surface area contributed by atoms with Crippen LogP contribution < -0.4 is 0 Å². The summed E-state index contributed by atoms with van der Waals surface area (Å²) in [6, 6.07) is 0.562. The molecule has 1 rings (SSSR count). The zero-order valence-electron chi connectivity index (χ0n) is 9.40. The van der Waals surface area contributed by atoms with E-state index in [1.165, 1.54) is 0 Å². The Balaban J connectivity index is 2.49. The lowest BCUT2D eigenvalue weighted by Gasteiger charge is -2.32. The molecule has 0 aromatic heterocycles. The predicted octanol–water partition coefficient (Wildman–Crippen LogP) is 1.84. The van der Waals surface area contributed by atoms with Crippen LogP contribution in [0.5, 0.6) is 0 Å². The second-order valence-electron chi connectivity index (χ2n) is 3.81. The third kappa shape index (κ3) is 3.87. The molecule has 1 fully saturated rings. The summed E-state index contributed by atoms with van der Waals surface area (Å²) in [6.07, 6.45) is 2.46. The van der Waals surface area contributed by atoms with Crippen molar-refractivity contribution in [1.29, 1.82) is 0 Å². The highest BCUT2D eigenvalue weighted by molar-refractivity contribution is 7.99. The van der Waals surface area contributed by atoms with Crippen LogP contribution in [0.1, 0.15) is 20.3 Å². The molecular weight excluding hydrogens is 210 g/mol. The van der Waals surface area contributed by atoms with Crippen molar-refractivity contribution in [3.63, 3.8) is 0 Å². The van der Waals surface area contributed by atoms with Gasteiger partial charge in [0.2, 0.25) is 0 Å². The smallest absolute Gasteiger partial charge is 0.331 e. The van der Waals surface area contributed by atoms with Gasteiger partial charge < -0.3 is 5.11 Å². The van der Waals surface area contributed by atoms with Crippen molar-refractivity contribution in [2.75, 3.05) is 24.6 Å². The molecule has 0 aromatic carbocycles. The maximum absolute atomic E-state index is 10.8. The molecule has 0 amide bonds. The Hall–Kier alpha value is -0.480. The molecule has 0 bridgehead atoms. The van der Waals surface area contributed by atoms with Crippen LogP contribution in [0.2, 0.25) is 0 Å². The van der Waals surface area contributed by atoms with Crippen molar-refractivity contribution in [2.45, 2.75) is 26.3 Å². The molecule has 4 heteroatoms. The highest BCUT2D eigenvalue weighted by Gasteiger charge is 2.17. The fraction of sp³-hybridized carbons (Fsp3) is 0.727. The topological polar surface area (TPSA) is 40.5 Å². The summed E-state index contributed by atoms with van der Waals surface area (Å²) in [7, 11) is 0. The Morgan fingerprint density at radius 2 is 2.40 bits per heavy atom. The van der Waals surface area contributed by atoms with Gasteiger partial charge >= 0.3 is 5.97 Å². The van der Waals surface area contributed by atoms with E-state index in [-0.39, 0.29) is 0 Å². The minimum atomic E-state index is -0.781. The average molecular weight is 229 g/mol. The summed E-state index contributed by atoms with van der Waals surface area (Å²) >= 11 is 1.97. The van der Waals surface area contributed by atoms with Crippen molar-refractivity contribution < 1.29 is 9.90 Å². The lowest BCUT2D eigenvalue weighted by molar-refractivity contribution is -0.132. The Morgan fingerprint density at radius 3 is 2.93 bits per heavy atom. The number of carboxylic acids is 1. The van der Waals surface area contributed by atoms with Crippen LogP contribution >= 0.6 is 11.8 Å². The second-order valence-corrected chi connectivity index (χ2v) is 4.96. The summed E-state index contributed by atoms with van der Waals surface area (Å²) in [5.74, 6) is 1.53. The van der Waals surface area contributed by atoms with Gasteiger partial charge in [-0.2, -0.15) is 11.8 Å². The van der Waals surface area contributed by atoms with Gasteiger partial charge in [0.15, 0.2) is 0 Å². The summed E-state index contributed by atoms with van der Waals surface area (Å²) < 4.78 is 0. The lowest BCUT2D eigenvalue weighted by atomic mass is 10.2. The molecule has 0 saturated carbocycles. The van der Waals surface area contributed by atoms with Gasteiger partial charge in [-0.05, 0) is 13.3 Å². The Labute approximate surface area is 95.5 Å². The normalized spacial score (nSPS) is 24.1. The molecule has 15 heavy (non-hydrogen) atoms. The maximum Gasteiger partial charge on any atom is 0.331 e. The zero-order chi connectivity index (χ0) is 11.3. The lowest BCUT2D eigenvalue weighted by Crippen LogP contribution is -2.40. The average Bonchev–Trinajstić information content (AvgIpc) is 2.21. The van der Waals surface area contributed by atoms with E-state index in [1.54, 1.807) is 0 Å². The van der Waals surface area contributed by atoms with E-state index in [0.29, 0.717) is 18.0 Å². The quantitative estimate of drug-likeness (QED) is 0.747. The summed E-state index contributed by atoms with van der Waals surface area (Å²) in [4.78, 5) is 13.1. The third-order valence-corrected chi connectivity index (χ3v) is 3.92. The summed E-state index contributed by atoms with van der Waals surface area (Å²) in [5, 5.41) is 8.88. The van der Waals surface area contributed by atoms with Crippen LogP contribution in [0.15, 0.2) is 11.6 Å². The van der Waals surface area contributed by atoms with Crippen LogP contribution in [0.3, 0.4) is 0 Å². The summed E-state index contributed by atoms with van der Waals surface area (Å²) in [5.41, 5.74) is 0.528. The summed E-state index contributed by atoms with van der Waals surface area (Å²) in [6.45, 7) is 5.93. The van der Waals surface area contributed by atoms with Crippen LogP contribution in [0.25, 0.3) is 0 Å². The van der Waals surface area contributed by atoms with Gasteiger partial charge in [-0.1, -0.05) is 13.0 Å². The standard InChI is InChI=1S/C11H19NO2S/c1-3-10(11(13)14)4-5-12-6-7-15-8-9(12)2/h4,9H,3,5-8H2,1-2H3,(H,13,14). The minimum absolute atomic E-state index is 0.528. The first kappa shape index (κ1) is 12.6. The van der Waals surface area contributed by atoms with Gasteiger partial charge in [0, 0.05) is 36.2 Å². The van der Waals surface area contributed by atoms with E-state index in [9.17, 15) is 4.79 Å². The number of nitrogens with zero attached hydrogens (tertiary/aromatic N) is 1. The third-order valence-electron chi connectivity index (χ3n) is 2.73. The molecule has 0 radical (unpaired) electrons. The van der Waals surface area contributed by atoms with Crippen molar-refractivity contribution in [1.82, 2.24) is 4.90 Å². The molecule has 1 aliphatic heterocycles. The van der Waals surface area contributed by atoms with E-state index < -0.39 is 5.97 Å². The molecule has 3 nitrogen and oxygen atoms in total. The SMILES string of the molecule is CCC(=CCN1CCSCC1C)C(=O)O. The molecule has 0 aromatic rings. The van der Waals surface area contributed by atoms with Crippen LogP contribution in [0.4, 0.5) is 0 Å². The molecule has 1 saturated heterocycles. The van der Waals surface area contributed by atoms with Crippen LogP contribution in [-0.2, 0) is 4.79 Å². The second kappa shape index (κ2) is 6.18. The Bertz CT molecular complexity index is 253. The molecule has 0 aliphatic carbocycles. The minimum Gasteiger partial charge on any atom is -0.478 e. The van der Waals surface area contributed by atoms with E-state index in [2.05, 4.69) is 11.8 Å². The van der Waals surface area contributed by atoms with Gasteiger partial charge in [-0.25, -0.2) is 4.79 Å². The number of hydrogen-bond donors (Lipinski definition) is 1. The molecular formula is C11H19NO2S. The Morgan fingerprint density at radius 1 is 1.67 bits per heavy atom. The molecule has 1 aliphatic rings. The number of carboxylic acid groups (broad SMARTS) is 1. The van der Waals surface area contributed by atoms with Crippen molar-refractivity contribution in [3.05, 3.63) is 11.6 Å². The molecule has 86 valence electrons. The van der Waals surface area contributed by atoms with Gasteiger partial charge in [-0.15, -0.1) is 0 Å².